The Kier molecular flexibility index (Phi) is 5.74. The molecule has 25 heavy (non-hydrogen) atoms. The van der Waals surface area contributed by atoms with Gasteiger partial charge in [-0.25, -0.2) is 0 Å². The van der Waals surface area contributed by atoms with Crippen molar-refractivity contribution in [2.75, 3.05) is 6.54 Å². The molecule has 0 bridgehead atoms. The first-order valence-electron chi connectivity index (χ1n) is 8.15. The molecule has 3 N–H and O–H groups in total. The maximum atomic E-state index is 9.60. The highest BCUT2D eigenvalue weighted by molar-refractivity contribution is 9.10. The summed E-state index contributed by atoms with van der Waals surface area (Å²) in [5.74, 6) is 1.03. The quantitative estimate of drug-likeness (QED) is 0.629. The molecule has 1 unspecified atom stereocenters. The summed E-state index contributed by atoms with van der Waals surface area (Å²) in [4.78, 5) is 0. The summed E-state index contributed by atoms with van der Waals surface area (Å²) in [6.45, 7) is 0.460. The Hall–Kier alpha value is -2.30. The third kappa shape index (κ3) is 4.62. The number of aromatic hydroxyl groups is 1. The van der Waals surface area contributed by atoms with Gasteiger partial charge in [0.2, 0.25) is 0 Å². The molecule has 0 saturated carbocycles. The van der Waals surface area contributed by atoms with Crippen LogP contribution in [0.25, 0.3) is 11.1 Å². The van der Waals surface area contributed by atoms with Crippen molar-refractivity contribution in [2.24, 2.45) is 5.73 Å². The van der Waals surface area contributed by atoms with Crippen molar-refractivity contribution in [1.29, 1.82) is 0 Å². The lowest BCUT2D eigenvalue weighted by Crippen LogP contribution is -2.28. The predicted molar refractivity (Wildman–Crippen MR) is 105 cm³/mol. The van der Waals surface area contributed by atoms with Crippen LogP contribution in [0.5, 0.6) is 11.5 Å². The second kappa shape index (κ2) is 8.19. The number of benzene rings is 3. The van der Waals surface area contributed by atoms with Gasteiger partial charge in [0, 0.05) is 13.0 Å². The normalized spacial score (nSPS) is 11.9. The van der Waals surface area contributed by atoms with Gasteiger partial charge >= 0.3 is 0 Å². The molecule has 0 amide bonds. The summed E-state index contributed by atoms with van der Waals surface area (Å²) in [7, 11) is 0. The second-order valence-electron chi connectivity index (χ2n) is 5.86. The molecule has 0 fully saturated rings. The van der Waals surface area contributed by atoms with E-state index in [0.29, 0.717) is 11.0 Å². The SMILES string of the molecule is NCC(Cc1ccccc1)Oc1ccc(-c2ccc(O)c(Br)c2)cc1. The highest BCUT2D eigenvalue weighted by atomic mass is 79.9. The molecule has 3 aromatic carbocycles. The van der Waals surface area contributed by atoms with Crippen LogP contribution in [-0.2, 0) is 6.42 Å². The summed E-state index contributed by atoms with van der Waals surface area (Å²) in [6, 6.07) is 23.6. The van der Waals surface area contributed by atoms with Gasteiger partial charge in [0.25, 0.3) is 0 Å². The van der Waals surface area contributed by atoms with Crippen LogP contribution in [0.15, 0.2) is 77.3 Å². The molecule has 1 atom stereocenters. The lowest BCUT2D eigenvalue weighted by molar-refractivity contribution is 0.210. The van der Waals surface area contributed by atoms with Crippen molar-refractivity contribution in [3.05, 3.63) is 82.8 Å². The van der Waals surface area contributed by atoms with Crippen LogP contribution < -0.4 is 10.5 Å². The summed E-state index contributed by atoms with van der Waals surface area (Å²) in [5, 5.41) is 9.60. The topological polar surface area (TPSA) is 55.5 Å². The lowest BCUT2D eigenvalue weighted by atomic mass is 10.1. The van der Waals surface area contributed by atoms with Gasteiger partial charge in [0.05, 0.1) is 4.47 Å². The standard InChI is InChI=1S/C21H20BrNO2/c22-20-13-17(8-11-21(20)24)16-6-9-18(10-7-16)25-19(14-23)12-15-4-2-1-3-5-15/h1-11,13,19,24H,12,14,23H2. The molecule has 3 nitrogen and oxygen atoms in total. The highest BCUT2D eigenvalue weighted by Gasteiger charge is 2.10. The molecular formula is C21H20BrNO2. The van der Waals surface area contributed by atoms with Crippen LogP contribution in [0.1, 0.15) is 5.56 Å². The van der Waals surface area contributed by atoms with E-state index >= 15 is 0 Å². The first kappa shape index (κ1) is 17.5. The number of phenols is 1. The average Bonchev–Trinajstić information content (AvgIpc) is 2.65. The third-order valence-corrected chi connectivity index (χ3v) is 4.64. The Morgan fingerprint density at radius 1 is 0.920 bits per heavy atom. The Bertz CT molecular complexity index is 819. The maximum absolute atomic E-state index is 9.60. The van der Waals surface area contributed by atoms with Gasteiger partial charge < -0.3 is 15.6 Å². The second-order valence-corrected chi connectivity index (χ2v) is 6.71. The molecule has 0 aromatic heterocycles. The molecule has 4 heteroatoms. The monoisotopic (exact) mass is 397 g/mol. The fraction of sp³-hybridized carbons (Fsp3) is 0.143. The van der Waals surface area contributed by atoms with Crippen LogP contribution in [0.3, 0.4) is 0 Å². The number of nitrogens with two attached hydrogens (primary N) is 1. The summed E-state index contributed by atoms with van der Waals surface area (Å²) in [6.07, 6.45) is 0.723. The van der Waals surface area contributed by atoms with E-state index in [2.05, 4.69) is 28.1 Å². The van der Waals surface area contributed by atoms with E-state index in [1.165, 1.54) is 5.56 Å². The average molecular weight is 398 g/mol. The Labute approximate surface area is 156 Å². The molecule has 3 aromatic rings. The van der Waals surface area contributed by atoms with Crippen molar-refractivity contribution in [3.8, 4) is 22.6 Å². The smallest absolute Gasteiger partial charge is 0.129 e. The van der Waals surface area contributed by atoms with E-state index in [-0.39, 0.29) is 11.9 Å². The first-order valence-corrected chi connectivity index (χ1v) is 8.94. The minimum Gasteiger partial charge on any atom is -0.507 e. The molecule has 128 valence electrons. The van der Waals surface area contributed by atoms with E-state index in [1.54, 1.807) is 6.07 Å². The lowest BCUT2D eigenvalue weighted by Gasteiger charge is -2.18. The minimum absolute atomic E-state index is 0.0592. The van der Waals surface area contributed by atoms with Gasteiger partial charge in [0.1, 0.15) is 17.6 Å². The molecule has 0 radical (unpaired) electrons. The van der Waals surface area contributed by atoms with Crippen molar-refractivity contribution < 1.29 is 9.84 Å². The molecule has 0 heterocycles. The van der Waals surface area contributed by atoms with Gasteiger partial charge in [-0.1, -0.05) is 48.5 Å². The zero-order valence-electron chi connectivity index (χ0n) is 13.7. The zero-order chi connectivity index (χ0) is 17.6. The molecule has 3 rings (SSSR count). The summed E-state index contributed by atoms with van der Waals surface area (Å²) in [5.41, 5.74) is 9.16. The van der Waals surface area contributed by atoms with Crippen molar-refractivity contribution in [2.45, 2.75) is 12.5 Å². The van der Waals surface area contributed by atoms with E-state index in [1.807, 2.05) is 54.6 Å². The number of hydrogen-bond donors (Lipinski definition) is 2. The van der Waals surface area contributed by atoms with Gasteiger partial charge in [-0.3, -0.25) is 0 Å². The molecule has 0 aliphatic carbocycles. The number of rotatable bonds is 6. The van der Waals surface area contributed by atoms with Crippen LogP contribution >= 0.6 is 15.9 Å². The molecule has 0 aliphatic heterocycles. The molecule has 0 spiro atoms. The van der Waals surface area contributed by atoms with Gasteiger partial charge in [-0.15, -0.1) is 0 Å². The summed E-state index contributed by atoms with van der Waals surface area (Å²) < 4.78 is 6.70. The number of halogens is 1. The van der Waals surface area contributed by atoms with Gasteiger partial charge in [-0.05, 0) is 56.9 Å². The first-order chi connectivity index (χ1) is 12.2. The van der Waals surface area contributed by atoms with Crippen LogP contribution in [0, 0.1) is 0 Å². The fourth-order valence-corrected chi connectivity index (χ4v) is 3.03. The van der Waals surface area contributed by atoms with E-state index < -0.39 is 0 Å². The largest absolute Gasteiger partial charge is 0.507 e. The van der Waals surface area contributed by atoms with Crippen LogP contribution in [-0.4, -0.2) is 17.8 Å². The molecule has 0 aliphatic rings. The molecular weight excluding hydrogens is 378 g/mol. The predicted octanol–water partition coefficient (Wildman–Crippen LogP) is 4.77. The highest BCUT2D eigenvalue weighted by Crippen LogP contribution is 2.30. The van der Waals surface area contributed by atoms with Crippen molar-refractivity contribution in [1.82, 2.24) is 0 Å². The fourth-order valence-electron chi connectivity index (χ4n) is 2.65. The Balaban J connectivity index is 1.70. The Morgan fingerprint density at radius 2 is 1.60 bits per heavy atom. The van der Waals surface area contributed by atoms with Crippen LogP contribution in [0.4, 0.5) is 0 Å². The Morgan fingerprint density at radius 3 is 2.24 bits per heavy atom. The van der Waals surface area contributed by atoms with E-state index in [0.717, 1.165) is 23.3 Å². The molecule has 0 saturated heterocycles. The third-order valence-electron chi connectivity index (χ3n) is 4.01. The van der Waals surface area contributed by atoms with E-state index in [4.69, 9.17) is 10.5 Å². The van der Waals surface area contributed by atoms with E-state index in [9.17, 15) is 5.11 Å². The number of phenolic OH excluding ortho intramolecular Hbond substituents is 1. The minimum atomic E-state index is -0.0592. The number of ether oxygens (including phenoxy) is 1. The maximum Gasteiger partial charge on any atom is 0.129 e. The zero-order valence-corrected chi connectivity index (χ0v) is 15.3. The van der Waals surface area contributed by atoms with Crippen molar-refractivity contribution in [3.63, 3.8) is 0 Å². The van der Waals surface area contributed by atoms with Gasteiger partial charge in [-0.2, -0.15) is 0 Å². The summed E-state index contributed by atoms with van der Waals surface area (Å²) >= 11 is 3.34. The van der Waals surface area contributed by atoms with Gasteiger partial charge in [0.15, 0.2) is 0 Å². The number of hydrogen-bond acceptors (Lipinski definition) is 3. The van der Waals surface area contributed by atoms with Crippen molar-refractivity contribution >= 4 is 15.9 Å². The van der Waals surface area contributed by atoms with Crippen LogP contribution in [0.2, 0.25) is 0 Å².